The van der Waals surface area contributed by atoms with Crippen LogP contribution in [0, 0.1) is 18.3 Å². The highest BCUT2D eigenvalue weighted by Gasteiger charge is 2.37. The van der Waals surface area contributed by atoms with E-state index in [-0.39, 0.29) is 17.2 Å². The van der Waals surface area contributed by atoms with E-state index in [1.165, 1.54) is 0 Å². The van der Waals surface area contributed by atoms with Crippen molar-refractivity contribution in [2.45, 2.75) is 27.7 Å². The molecule has 0 saturated carbocycles. The van der Waals surface area contributed by atoms with E-state index in [1.54, 1.807) is 4.90 Å². The van der Waals surface area contributed by atoms with Crippen LogP contribution in [-0.2, 0) is 4.79 Å². The molecule has 0 aromatic heterocycles. The van der Waals surface area contributed by atoms with Gasteiger partial charge < -0.3 is 9.64 Å². The first kappa shape index (κ1) is 12.9. The van der Waals surface area contributed by atoms with Crippen LogP contribution in [0.15, 0.2) is 18.2 Å². The van der Waals surface area contributed by atoms with Gasteiger partial charge in [0.1, 0.15) is 12.4 Å². The smallest absolute Gasteiger partial charge is 0.233 e. The van der Waals surface area contributed by atoms with Crippen LogP contribution >= 0.6 is 0 Å². The summed E-state index contributed by atoms with van der Waals surface area (Å²) in [5.41, 5.74) is 1.91. The minimum Gasteiger partial charge on any atom is -0.491 e. The Morgan fingerprint density at radius 2 is 2.00 bits per heavy atom. The Balaban J connectivity index is 2.42. The molecule has 1 heterocycles. The quantitative estimate of drug-likeness (QED) is 0.705. The Labute approximate surface area is 109 Å². The third-order valence-electron chi connectivity index (χ3n) is 3.56. The minimum atomic E-state index is -0.116. The fourth-order valence-electron chi connectivity index (χ4n) is 2.23. The molecule has 2 rings (SSSR count). The average molecular weight is 247 g/mol. The summed E-state index contributed by atoms with van der Waals surface area (Å²) in [6.07, 6.45) is 0. The van der Waals surface area contributed by atoms with Crippen molar-refractivity contribution >= 4 is 11.6 Å². The van der Waals surface area contributed by atoms with E-state index in [9.17, 15) is 4.79 Å². The third-order valence-corrected chi connectivity index (χ3v) is 3.56. The molecule has 0 bridgehead atoms. The summed E-state index contributed by atoms with van der Waals surface area (Å²) in [5.74, 6) is 0.818. The van der Waals surface area contributed by atoms with E-state index in [0.29, 0.717) is 6.61 Å². The summed E-state index contributed by atoms with van der Waals surface area (Å²) in [7, 11) is 1.82. The average Bonchev–Trinajstić information content (AvgIpc) is 2.37. The van der Waals surface area contributed by atoms with Crippen molar-refractivity contribution in [3.63, 3.8) is 0 Å². The van der Waals surface area contributed by atoms with E-state index in [0.717, 1.165) is 17.0 Å². The van der Waals surface area contributed by atoms with Crippen LogP contribution in [0.3, 0.4) is 0 Å². The maximum Gasteiger partial charge on any atom is 0.233 e. The Hall–Kier alpha value is -1.51. The largest absolute Gasteiger partial charge is 0.491 e. The number of nitrogens with zero attached hydrogens (tertiary/aromatic N) is 1. The predicted molar refractivity (Wildman–Crippen MR) is 73.0 cm³/mol. The van der Waals surface area contributed by atoms with Gasteiger partial charge in [0.15, 0.2) is 0 Å². The van der Waals surface area contributed by atoms with Crippen LogP contribution in [0.1, 0.15) is 26.3 Å². The van der Waals surface area contributed by atoms with E-state index >= 15 is 0 Å². The number of carbonyl (C=O) groups is 1. The van der Waals surface area contributed by atoms with E-state index in [4.69, 9.17) is 4.74 Å². The zero-order chi connectivity index (χ0) is 13.5. The van der Waals surface area contributed by atoms with Gasteiger partial charge in [-0.25, -0.2) is 0 Å². The number of anilines is 1. The normalized spacial score (nSPS) is 20.2. The molecule has 1 aromatic carbocycles. The molecule has 1 aliphatic heterocycles. The second-order valence-corrected chi connectivity index (χ2v) is 6.10. The van der Waals surface area contributed by atoms with Crippen molar-refractivity contribution in [3.05, 3.63) is 23.8 Å². The highest BCUT2D eigenvalue weighted by atomic mass is 16.5. The maximum absolute atomic E-state index is 12.5. The van der Waals surface area contributed by atoms with E-state index in [1.807, 2.05) is 32.2 Å². The zero-order valence-electron chi connectivity index (χ0n) is 11.8. The second kappa shape index (κ2) is 4.30. The molecule has 3 nitrogen and oxygen atoms in total. The summed E-state index contributed by atoms with van der Waals surface area (Å²) in [6.45, 7) is 8.71. The molecule has 18 heavy (non-hydrogen) atoms. The number of aryl methyl sites for hydroxylation is 1. The number of amides is 1. The summed E-state index contributed by atoms with van der Waals surface area (Å²) in [5, 5.41) is 0. The van der Waals surface area contributed by atoms with Gasteiger partial charge in [-0.2, -0.15) is 0 Å². The van der Waals surface area contributed by atoms with Gasteiger partial charge in [0.05, 0.1) is 11.6 Å². The third kappa shape index (κ3) is 2.22. The van der Waals surface area contributed by atoms with Crippen molar-refractivity contribution in [1.82, 2.24) is 0 Å². The number of hydrogen-bond acceptors (Lipinski definition) is 2. The number of rotatable bonds is 0. The number of benzene rings is 1. The SMILES string of the molecule is Cc1ccc2c(c1)OCC(C(C)(C)C)C(=O)N2C. The number of carbonyl (C=O) groups excluding carboxylic acids is 1. The van der Waals surface area contributed by atoms with Gasteiger partial charge in [-0.05, 0) is 30.0 Å². The van der Waals surface area contributed by atoms with Gasteiger partial charge in [0.2, 0.25) is 5.91 Å². The lowest BCUT2D eigenvalue weighted by atomic mass is 9.80. The maximum atomic E-state index is 12.5. The van der Waals surface area contributed by atoms with Gasteiger partial charge >= 0.3 is 0 Å². The Kier molecular flexibility index (Phi) is 3.09. The highest BCUT2D eigenvalue weighted by molar-refractivity contribution is 5.97. The molecular weight excluding hydrogens is 226 g/mol. The van der Waals surface area contributed by atoms with Crippen LogP contribution in [0.2, 0.25) is 0 Å². The molecule has 0 aliphatic carbocycles. The molecule has 0 spiro atoms. The van der Waals surface area contributed by atoms with Crippen molar-refractivity contribution in [1.29, 1.82) is 0 Å². The molecule has 98 valence electrons. The molecule has 0 saturated heterocycles. The van der Waals surface area contributed by atoms with Crippen LogP contribution < -0.4 is 9.64 Å². The minimum absolute atomic E-state index is 0.0948. The lowest BCUT2D eigenvalue weighted by Gasteiger charge is -2.29. The monoisotopic (exact) mass is 247 g/mol. The topological polar surface area (TPSA) is 29.5 Å². The van der Waals surface area contributed by atoms with Gasteiger partial charge in [0.25, 0.3) is 0 Å². The van der Waals surface area contributed by atoms with Crippen LogP contribution in [0.5, 0.6) is 5.75 Å². The Bertz CT molecular complexity index is 474. The number of fused-ring (bicyclic) bond motifs is 1. The van der Waals surface area contributed by atoms with E-state index in [2.05, 4.69) is 20.8 Å². The van der Waals surface area contributed by atoms with Crippen LogP contribution in [0.25, 0.3) is 0 Å². The zero-order valence-corrected chi connectivity index (χ0v) is 11.8. The number of hydrogen-bond donors (Lipinski definition) is 0. The molecule has 0 N–H and O–H groups in total. The molecule has 3 heteroatoms. The fraction of sp³-hybridized carbons (Fsp3) is 0.533. The Morgan fingerprint density at radius 1 is 1.33 bits per heavy atom. The van der Waals surface area contributed by atoms with Crippen molar-refractivity contribution in [2.24, 2.45) is 11.3 Å². The lowest BCUT2D eigenvalue weighted by Crippen LogP contribution is -2.40. The Morgan fingerprint density at radius 3 is 2.61 bits per heavy atom. The number of ether oxygens (including phenoxy) is 1. The van der Waals surface area contributed by atoms with Crippen molar-refractivity contribution in [3.8, 4) is 5.75 Å². The molecule has 1 amide bonds. The summed E-state index contributed by atoms with van der Waals surface area (Å²) >= 11 is 0. The summed E-state index contributed by atoms with van der Waals surface area (Å²) in [4.78, 5) is 14.2. The summed E-state index contributed by atoms with van der Waals surface area (Å²) < 4.78 is 5.85. The predicted octanol–water partition coefficient (Wildman–Crippen LogP) is 3.01. The van der Waals surface area contributed by atoms with Gasteiger partial charge in [-0.15, -0.1) is 0 Å². The van der Waals surface area contributed by atoms with E-state index < -0.39 is 0 Å². The molecule has 0 fully saturated rings. The van der Waals surface area contributed by atoms with Gasteiger partial charge in [-0.3, -0.25) is 4.79 Å². The second-order valence-electron chi connectivity index (χ2n) is 6.10. The summed E-state index contributed by atoms with van der Waals surface area (Å²) in [6, 6.07) is 5.95. The van der Waals surface area contributed by atoms with Crippen molar-refractivity contribution < 1.29 is 9.53 Å². The highest BCUT2D eigenvalue weighted by Crippen LogP contribution is 2.37. The van der Waals surface area contributed by atoms with Gasteiger partial charge in [0, 0.05) is 7.05 Å². The molecule has 1 unspecified atom stereocenters. The molecular formula is C15H21NO2. The van der Waals surface area contributed by atoms with Gasteiger partial charge in [-0.1, -0.05) is 26.8 Å². The first-order valence-electron chi connectivity index (χ1n) is 6.31. The molecule has 1 atom stereocenters. The van der Waals surface area contributed by atoms with Crippen LogP contribution in [-0.4, -0.2) is 19.6 Å². The molecule has 0 radical (unpaired) electrons. The molecule has 1 aromatic rings. The fourth-order valence-corrected chi connectivity index (χ4v) is 2.23. The first-order chi connectivity index (χ1) is 8.30. The molecule has 1 aliphatic rings. The first-order valence-corrected chi connectivity index (χ1v) is 6.31. The lowest BCUT2D eigenvalue weighted by molar-refractivity contribution is -0.126. The standard InChI is InChI=1S/C15H21NO2/c1-10-6-7-12-13(8-10)18-9-11(15(2,3)4)14(17)16(12)5/h6-8,11H,9H2,1-5H3. The van der Waals surface area contributed by atoms with Crippen LogP contribution in [0.4, 0.5) is 5.69 Å². The van der Waals surface area contributed by atoms with Crippen molar-refractivity contribution in [2.75, 3.05) is 18.6 Å².